The van der Waals surface area contributed by atoms with Crippen molar-refractivity contribution in [1.82, 2.24) is 29.6 Å². The van der Waals surface area contributed by atoms with E-state index in [9.17, 15) is 4.79 Å². The van der Waals surface area contributed by atoms with E-state index in [0.29, 0.717) is 17.4 Å². The third-order valence-electron chi connectivity index (χ3n) is 3.48. The standard InChI is InChI=1S/C16H17ClN6O/c1-12-20-15(21-23(12)14-5-3-13(17)4-6-14)16(24)19-7-2-9-22-10-8-18-11-22/h3-6,8,10-11H,2,7,9H2,1H3,(H,19,24). The van der Waals surface area contributed by atoms with Crippen LogP contribution in [0.1, 0.15) is 22.9 Å². The van der Waals surface area contributed by atoms with E-state index in [4.69, 9.17) is 11.6 Å². The van der Waals surface area contributed by atoms with E-state index in [1.54, 1.807) is 36.3 Å². The Balaban J connectivity index is 1.59. The third-order valence-corrected chi connectivity index (χ3v) is 3.73. The first kappa shape index (κ1) is 16.2. The summed E-state index contributed by atoms with van der Waals surface area (Å²) in [5.74, 6) is 0.516. The molecule has 0 saturated heterocycles. The molecule has 0 unspecified atom stereocenters. The minimum Gasteiger partial charge on any atom is -0.349 e. The lowest BCUT2D eigenvalue weighted by Crippen LogP contribution is -2.26. The van der Waals surface area contributed by atoms with Crippen LogP contribution >= 0.6 is 11.6 Å². The van der Waals surface area contributed by atoms with E-state index in [-0.39, 0.29) is 11.7 Å². The van der Waals surface area contributed by atoms with E-state index in [2.05, 4.69) is 20.4 Å². The molecule has 1 N–H and O–H groups in total. The van der Waals surface area contributed by atoms with Gasteiger partial charge in [-0.15, -0.1) is 5.10 Å². The molecule has 0 aliphatic heterocycles. The maximum Gasteiger partial charge on any atom is 0.290 e. The SMILES string of the molecule is Cc1nc(C(=O)NCCCn2ccnc2)nn1-c1ccc(Cl)cc1. The van der Waals surface area contributed by atoms with Crippen molar-refractivity contribution in [3.05, 3.63) is 59.7 Å². The van der Waals surface area contributed by atoms with Crippen molar-refractivity contribution in [1.29, 1.82) is 0 Å². The van der Waals surface area contributed by atoms with Crippen LogP contribution in [0, 0.1) is 6.92 Å². The molecule has 0 aliphatic carbocycles. The quantitative estimate of drug-likeness (QED) is 0.696. The van der Waals surface area contributed by atoms with Crippen LogP contribution in [0.15, 0.2) is 43.0 Å². The predicted octanol–water partition coefficient (Wildman–Crippen LogP) is 2.25. The van der Waals surface area contributed by atoms with Crippen LogP contribution in [0.5, 0.6) is 0 Å². The summed E-state index contributed by atoms with van der Waals surface area (Å²) in [5.41, 5.74) is 0.809. The molecule has 0 saturated carbocycles. The zero-order valence-corrected chi connectivity index (χ0v) is 13.9. The summed E-state index contributed by atoms with van der Waals surface area (Å²) in [6.45, 7) is 3.15. The van der Waals surface area contributed by atoms with Gasteiger partial charge in [-0.2, -0.15) is 0 Å². The molecule has 2 aromatic heterocycles. The third kappa shape index (κ3) is 3.80. The molecule has 1 aromatic carbocycles. The normalized spacial score (nSPS) is 10.8. The Kier molecular flexibility index (Phi) is 4.90. The summed E-state index contributed by atoms with van der Waals surface area (Å²) in [7, 11) is 0. The molecule has 8 heteroatoms. The minimum absolute atomic E-state index is 0.157. The van der Waals surface area contributed by atoms with Crippen molar-refractivity contribution >= 4 is 17.5 Å². The zero-order valence-electron chi connectivity index (χ0n) is 13.2. The molecule has 124 valence electrons. The van der Waals surface area contributed by atoms with Crippen molar-refractivity contribution in [2.45, 2.75) is 19.9 Å². The number of hydrogen-bond acceptors (Lipinski definition) is 4. The summed E-state index contributed by atoms with van der Waals surface area (Å²) in [6, 6.07) is 7.20. The van der Waals surface area contributed by atoms with Gasteiger partial charge in [-0.1, -0.05) is 11.6 Å². The van der Waals surface area contributed by atoms with Gasteiger partial charge in [-0.05, 0) is 37.6 Å². The Morgan fingerprint density at radius 3 is 2.79 bits per heavy atom. The molecule has 3 rings (SSSR count). The van der Waals surface area contributed by atoms with E-state index < -0.39 is 0 Å². The van der Waals surface area contributed by atoms with Gasteiger partial charge in [0.1, 0.15) is 5.82 Å². The van der Waals surface area contributed by atoms with E-state index in [0.717, 1.165) is 18.7 Å². The Hall–Kier alpha value is -2.67. The minimum atomic E-state index is -0.281. The number of benzene rings is 1. The smallest absolute Gasteiger partial charge is 0.290 e. The number of carbonyl (C=O) groups excluding carboxylic acids is 1. The second-order valence-corrected chi connectivity index (χ2v) is 5.72. The summed E-state index contributed by atoms with van der Waals surface area (Å²) in [4.78, 5) is 20.4. The largest absolute Gasteiger partial charge is 0.349 e. The van der Waals surface area contributed by atoms with Gasteiger partial charge in [0.25, 0.3) is 5.91 Å². The van der Waals surface area contributed by atoms with Crippen molar-refractivity contribution < 1.29 is 4.79 Å². The molecule has 7 nitrogen and oxygen atoms in total. The molecule has 0 atom stereocenters. The first-order chi connectivity index (χ1) is 11.6. The number of aromatic nitrogens is 5. The highest BCUT2D eigenvalue weighted by Gasteiger charge is 2.14. The van der Waals surface area contributed by atoms with E-state index in [1.807, 2.05) is 22.9 Å². The lowest BCUT2D eigenvalue weighted by Gasteiger charge is -2.03. The average Bonchev–Trinajstić information content (AvgIpc) is 3.22. The van der Waals surface area contributed by atoms with Crippen LogP contribution in [-0.4, -0.2) is 36.8 Å². The summed E-state index contributed by atoms with van der Waals surface area (Å²) in [5, 5.41) is 7.75. The number of nitrogens with one attached hydrogen (secondary N) is 1. The maximum atomic E-state index is 12.2. The number of carbonyl (C=O) groups is 1. The Labute approximate surface area is 144 Å². The van der Waals surface area contributed by atoms with Gasteiger partial charge in [0.15, 0.2) is 0 Å². The Morgan fingerprint density at radius 2 is 2.08 bits per heavy atom. The Morgan fingerprint density at radius 1 is 1.29 bits per heavy atom. The zero-order chi connectivity index (χ0) is 16.9. The van der Waals surface area contributed by atoms with Crippen molar-refractivity contribution in [3.8, 4) is 5.69 Å². The first-order valence-electron chi connectivity index (χ1n) is 7.57. The van der Waals surface area contributed by atoms with Gasteiger partial charge in [-0.25, -0.2) is 14.6 Å². The highest BCUT2D eigenvalue weighted by molar-refractivity contribution is 6.30. The molecule has 0 radical (unpaired) electrons. The van der Waals surface area contributed by atoms with E-state index in [1.165, 1.54) is 0 Å². The average molecular weight is 345 g/mol. The number of amides is 1. The summed E-state index contributed by atoms with van der Waals surface area (Å²) >= 11 is 5.89. The van der Waals surface area contributed by atoms with Gasteiger partial charge in [-0.3, -0.25) is 4.79 Å². The summed E-state index contributed by atoms with van der Waals surface area (Å²) < 4.78 is 3.58. The van der Waals surface area contributed by atoms with Crippen molar-refractivity contribution in [2.24, 2.45) is 0 Å². The van der Waals surface area contributed by atoms with Gasteiger partial charge < -0.3 is 9.88 Å². The molecule has 0 spiro atoms. The fourth-order valence-electron chi connectivity index (χ4n) is 2.27. The Bertz CT molecular complexity index is 810. The highest BCUT2D eigenvalue weighted by atomic mass is 35.5. The number of imidazole rings is 1. The molecule has 0 aliphatic rings. The van der Waals surface area contributed by atoms with Crippen molar-refractivity contribution in [3.63, 3.8) is 0 Å². The van der Waals surface area contributed by atoms with Gasteiger partial charge in [0, 0.05) is 30.5 Å². The first-order valence-corrected chi connectivity index (χ1v) is 7.95. The van der Waals surface area contributed by atoms with Crippen molar-refractivity contribution in [2.75, 3.05) is 6.54 Å². The van der Waals surface area contributed by atoms with Gasteiger partial charge in [0.2, 0.25) is 5.82 Å². The fraction of sp³-hybridized carbons (Fsp3) is 0.250. The molecule has 24 heavy (non-hydrogen) atoms. The number of nitrogens with zero attached hydrogens (tertiary/aromatic N) is 5. The second kappa shape index (κ2) is 7.27. The number of rotatable bonds is 6. The maximum absolute atomic E-state index is 12.2. The lowest BCUT2D eigenvalue weighted by atomic mass is 10.3. The fourth-order valence-corrected chi connectivity index (χ4v) is 2.40. The number of aryl methyl sites for hydroxylation is 2. The molecular formula is C16H17ClN6O. The topological polar surface area (TPSA) is 77.6 Å². The highest BCUT2D eigenvalue weighted by Crippen LogP contribution is 2.14. The second-order valence-electron chi connectivity index (χ2n) is 5.28. The van der Waals surface area contributed by atoms with Crippen LogP contribution in [0.4, 0.5) is 0 Å². The predicted molar refractivity (Wildman–Crippen MR) is 90.3 cm³/mol. The van der Waals surface area contributed by atoms with Crippen LogP contribution in [-0.2, 0) is 6.54 Å². The molecule has 0 fully saturated rings. The molecule has 3 aromatic rings. The van der Waals surface area contributed by atoms with Crippen LogP contribution in [0.25, 0.3) is 5.69 Å². The summed E-state index contributed by atoms with van der Waals surface area (Å²) in [6.07, 6.45) is 6.18. The van der Waals surface area contributed by atoms with Crippen LogP contribution in [0.2, 0.25) is 5.02 Å². The van der Waals surface area contributed by atoms with E-state index >= 15 is 0 Å². The van der Waals surface area contributed by atoms with Gasteiger partial charge >= 0.3 is 0 Å². The number of hydrogen-bond donors (Lipinski definition) is 1. The molecule has 2 heterocycles. The molecular weight excluding hydrogens is 328 g/mol. The van der Waals surface area contributed by atoms with Crippen LogP contribution < -0.4 is 5.32 Å². The number of halogens is 1. The molecule has 1 amide bonds. The lowest BCUT2D eigenvalue weighted by molar-refractivity contribution is 0.0942. The van der Waals surface area contributed by atoms with Gasteiger partial charge in [0.05, 0.1) is 12.0 Å². The molecule has 0 bridgehead atoms. The monoisotopic (exact) mass is 344 g/mol. The van der Waals surface area contributed by atoms with Crippen LogP contribution in [0.3, 0.4) is 0 Å².